The average Bonchev–Trinajstić information content (AvgIpc) is 3.65. The zero-order chi connectivity index (χ0) is 31.6. The maximum Gasteiger partial charge on any atom is 0.435 e. The van der Waals surface area contributed by atoms with Crippen LogP contribution in [0.3, 0.4) is 0 Å². The molecule has 2 aliphatic heterocycles. The number of aromatic nitrogens is 4. The summed E-state index contributed by atoms with van der Waals surface area (Å²) in [4.78, 5) is 49.2. The van der Waals surface area contributed by atoms with Gasteiger partial charge in [-0.05, 0) is 50.0 Å². The molecule has 0 aliphatic carbocycles. The minimum Gasteiger partial charge on any atom is -0.339 e. The van der Waals surface area contributed by atoms with Gasteiger partial charge in [0, 0.05) is 67.4 Å². The van der Waals surface area contributed by atoms with E-state index in [1.807, 2.05) is 4.90 Å². The topological polar surface area (TPSA) is 139 Å². The molecule has 1 aromatic carbocycles. The largest absolute Gasteiger partial charge is 0.435 e. The Kier molecular flexibility index (Phi) is 9.30. The fourth-order valence-corrected chi connectivity index (χ4v) is 5.87. The lowest BCUT2D eigenvalue weighted by Gasteiger charge is -2.37. The number of hydrogen-bond acceptors (Lipinski definition) is 6. The Bertz CT molecular complexity index is 1520. The lowest BCUT2D eigenvalue weighted by Crippen LogP contribution is -2.52. The van der Waals surface area contributed by atoms with E-state index in [0.29, 0.717) is 43.3 Å². The van der Waals surface area contributed by atoms with E-state index >= 15 is 0 Å². The Morgan fingerprint density at radius 1 is 1.09 bits per heavy atom. The molecule has 2 fully saturated rings. The molecule has 2 aromatic heterocycles. The van der Waals surface area contributed by atoms with E-state index in [2.05, 4.69) is 30.8 Å². The van der Waals surface area contributed by atoms with Crippen LogP contribution in [0.25, 0.3) is 0 Å². The number of alkyl halides is 3. The molecule has 0 spiro atoms. The number of aromatic amines is 2. The summed E-state index contributed by atoms with van der Waals surface area (Å²) in [6, 6.07) is 4.50. The first-order valence-electron chi connectivity index (χ1n) is 14.5. The molecule has 44 heavy (non-hydrogen) atoms. The smallest absolute Gasteiger partial charge is 0.339 e. The molecule has 15 heteroatoms. The predicted molar refractivity (Wildman–Crippen MR) is 157 cm³/mol. The molecule has 236 valence electrons. The molecule has 3 amide bonds. The molecule has 4 N–H and O–H groups in total. The van der Waals surface area contributed by atoms with Crippen LogP contribution in [-0.2, 0) is 17.4 Å². The Morgan fingerprint density at radius 3 is 2.41 bits per heavy atom. The first kappa shape index (κ1) is 31.5. The van der Waals surface area contributed by atoms with Crippen molar-refractivity contribution in [1.29, 1.82) is 0 Å². The molecule has 0 saturated carbocycles. The zero-order valence-corrected chi connectivity index (χ0v) is 25.1. The molecule has 0 unspecified atom stereocenters. The summed E-state index contributed by atoms with van der Waals surface area (Å²) >= 11 is 6.44. The number of carbonyl (C=O) groups is 3. The highest BCUT2D eigenvalue weighted by atomic mass is 35.5. The van der Waals surface area contributed by atoms with Crippen molar-refractivity contribution in [3.8, 4) is 0 Å². The maximum absolute atomic E-state index is 13.5. The number of nitrogens with zero attached hydrogens (tertiary/aromatic N) is 4. The standard InChI is InChI=1S/C29H34ClF3N8O3/c1-16(2)23-21(24(39-38-23)29(31,32)33)13-19-15-35-25(36-19)26(42)37-18-3-4-20(22(30)14-18)28(44)41-11-9-40(10-12-41)27(43)17-5-7-34-8-6-17/h3-4,14-17,34H,5-13H2,1-2H3,(H,35,36)(H,37,42)(H,38,39). The molecule has 3 aromatic rings. The first-order valence-corrected chi connectivity index (χ1v) is 14.9. The first-order chi connectivity index (χ1) is 20.9. The highest BCUT2D eigenvalue weighted by Gasteiger charge is 2.38. The molecule has 5 rings (SSSR count). The molecule has 0 atom stereocenters. The molecule has 0 bridgehead atoms. The van der Waals surface area contributed by atoms with Gasteiger partial charge in [-0.2, -0.15) is 18.3 Å². The second kappa shape index (κ2) is 13.0. The molecule has 0 radical (unpaired) electrons. The van der Waals surface area contributed by atoms with Crippen LogP contribution in [0.15, 0.2) is 24.4 Å². The highest BCUT2D eigenvalue weighted by molar-refractivity contribution is 6.34. The van der Waals surface area contributed by atoms with Gasteiger partial charge in [-0.25, -0.2) is 4.98 Å². The predicted octanol–water partition coefficient (Wildman–Crippen LogP) is 4.06. The van der Waals surface area contributed by atoms with Crippen molar-refractivity contribution in [1.82, 2.24) is 35.3 Å². The van der Waals surface area contributed by atoms with E-state index in [4.69, 9.17) is 11.6 Å². The summed E-state index contributed by atoms with van der Waals surface area (Å²) in [5, 5.41) is 12.0. The number of piperazine rings is 1. The summed E-state index contributed by atoms with van der Waals surface area (Å²) < 4.78 is 40.5. The number of H-pyrrole nitrogens is 2. The van der Waals surface area contributed by atoms with Gasteiger partial charge in [-0.1, -0.05) is 25.4 Å². The third-order valence-electron chi connectivity index (χ3n) is 7.98. The van der Waals surface area contributed by atoms with Crippen LogP contribution in [0, 0.1) is 5.92 Å². The number of hydrogen-bond donors (Lipinski definition) is 4. The van der Waals surface area contributed by atoms with Crippen LogP contribution in [0.1, 0.15) is 76.2 Å². The van der Waals surface area contributed by atoms with Gasteiger partial charge in [0.05, 0.1) is 10.6 Å². The minimum absolute atomic E-state index is 0.00932. The van der Waals surface area contributed by atoms with E-state index in [0.717, 1.165) is 25.9 Å². The van der Waals surface area contributed by atoms with Crippen LogP contribution >= 0.6 is 11.6 Å². The number of imidazole rings is 1. The third-order valence-corrected chi connectivity index (χ3v) is 8.29. The molecule has 4 heterocycles. The Balaban J connectivity index is 1.19. The van der Waals surface area contributed by atoms with Gasteiger partial charge in [0.25, 0.3) is 11.8 Å². The number of piperidine rings is 1. The quantitative estimate of drug-likeness (QED) is 0.309. The van der Waals surface area contributed by atoms with E-state index in [9.17, 15) is 27.6 Å². The number of benzene rings is 1. The van der Waals surface area contributed by atoms with Crippen molar-refractivity contribution >= 4 is 35.0 Å². The average molecular weight is 635 g/mol. The van der Waals surface area contributed by atoms with Crippen LogP contribution in [0.4, 0.5) is 18.9 Å². The van der Waals surface area contributed by atoms with Crippen LogP contribution in [0.2, 0.25) is 5.02 Å². The van der Waals surface area contributed by atoms with Crippen molar-refractivity contribution in [2.45, 2.75) is 45.2 Å². The van der Waals surface area contributed by atoms with Crippen molar-refractivity contribution < 1.29 is 27.6 Å². The summed E-state index contributed by atoms with van der Waals surface area (Å²) in [5.41, 5.74) is 0.228. The number of carbonyl (C=O) groups excluding carboxylic acids is 3. The van der Waals surface area contributed by atoms with Crippen LogP contribution in [0.5, 0.6) is 0 Å². The number of anilines is 1. The molecular formula is C29H34ClF3N8O3. The van der Waals surface area contributed by atoms with E-state index in [-0.39, 0.29) is 52.0 Å². The Labute approximate surface area is 256 Å². The molecule has 11 nitrogen and oxygen atoms in total. The summed E-state index contributed by atoms with van der Waals surface area (Å²) in [6.45, 7) is 6.90. The maximum atomic E-state index is 13.5. The highest BCUT2D eigenvalue weighted by Crippen LogP contribution is 2.34. The Hall–Kier alpha value is -3.91. The van der Waals surface area contributed by atoms with E-state index in [1.165, 1.54) is 24.4 Å². The van der Waals surface area contributed by atoms with Crippen molar-refractivity contribution in [3.63, 3.8) is 0 Å². The molecule has 2 saturated heterocycles. The van der Waals surface area contributed by atoms with Crippen molar-refractivity contribution in [2.24, 2.45) is 5.92 Å². The lowest BCUT2D eigenvalue weighted by molar-refractivity contribution is -0.141. The Morgan fingerprint density at radius 2 is 1.77 bits per heavy atom. The van der Waals surface area contributed by atoms with Gasteiger partial charge >= 0.3 is 6.18 Å². The van der Waals surface area contributed by atoms with Gasteiger partial charge in [-0.3, -0.25) is 19.5 Å². The molecular weight excluding hydrogens is 601 g/mol. The number of nitrogens with one attached hydrogen (secondary N) is 4. The minimum atomic E-state index is -4.63. The van der Waals surface area contributed by atoms with Crippen molar-refractivity contribution in [3.05, 3.63) is 63.5 Å². The molecule has 2 aliphatic rings. The fraction of sp³-hybridized carbons (Fsp3) is 0.483. The second-order valence-corrected chi connectivity index (χ2v) is 11.7. The third kappa shape index (κ3) is 6.91. The second-order valence-electron chi connectivity index (χ2n) is 11.3. The lowest BCUT2D eigenvalue weighted by atomic mass is 9.96. The van der Waals surface area contributed by atoms with Gasteiger partial charge in [0.1, 0.15) is 0 Å². The van der Waals surface area contributed by atoms with E-state index in [1.54, 1.807) is 18.7 Å². The van der Waals surface area contributed by atoms with Crippen molar-refractivity contribution in [2.75, 3.05) is 44.6 Å². The number of rotatable bonds is 7. The SMILES string of the molecule is CC(C)c1[nH]nc(C(F)(F)F)c1Cc1cnc(C(=O)Nc2ccc(C(=O)N3CCN(C(=O)C4CCNCC4)CC3)c(Cl)c2)[nH]1. The number of amides is 3. The van der Waals surface area contributed by atoms with Gasteiger partial charge in [0.15, 0.2) is 11.5 Å². The number of halogens is 4. The summed E-state index contributed by atoms with van der Waals surface area (Å²) in [6.07, 6.45) is -1.83. The van der Waals surface area contributed by atoms with Gasteiger partial charge in [0.2, 0.25) is 5.91 Å². The fourth-order valence-electron chi connectivity index (χ4n) is 5.61. The normalized spacial score (nSPS) is 16.4. The van der Waals surface area contributed by atoms with E-state index < -0.39 is 17.8 Å². The van der Waals surface area contributed by atoms with Crippen LogP contribution < -0.4 is 10.6 Å². The zero-order valence-electron chi connectivity index (χ0n) is 24.4. The van der Waals surface area contributed by atoms with Crippen LogP contribution in [-0.4, -0.2) is 87.0 Å². The summed E-state index contributed by atoms with van der Waals surface area (Å²) in [5.74, 6) is -1.05. The monoisotopic (exact) mass is 634 g/mol. The van der Waals surface area contributed by atoms with Gasteiger partial charge in [-0.15, -0.1) is 0 Å². The summed E-state index contributed by atoms with van der Waals surface area (Å²) in [7, 11) is 0. The van der Waals surface area contributed by atoms with Gasteiger partial charge < -0.3 is 25.4 Å².